The van der Waals surface area contributed by atoms with Crippen molar-refractivity contribution in [2.75, 3.05) is 11.6 Å². The maximum absolute atomic E-state index is 12.6. The molecule has 1 aliphatic carbocycles. The molecule has 2 aromatic carbocycles. The van der Waals surface area contributed by atoms with E-state index in [1.165, 1.54) is 16.0 Å². The average molecular weight is 393 g/mol. The van der Waals surface area contributed by atoms with Crippen molar-refractivity contribution in [3.63, 3.8) is 0 Å². The molecule has 2 aliphatic rings. The topological polar surface area (TPSA) is 41.1 Å². The lowest BCUT2D eigenvalue weighted by atomic mass is 9.76. The van der Waals surface area contributed by atoms with Crippen molar-refractivity contribution in [3.05, 3.63) is 71.3 Å². The molecule has 1 heterocycles. The van der Waals surface area contributed by atoms with Crippen molar-refractivity contribution in [1.82, 2.24) is 5.32 Å². The Morgan fingerprint density at radius 1 is 1.25 bits per heavy atom. The zero-order valence-corrected chi connectivity index (χ0v) is 17.6. The summed E-state index contributed by atoms with van der Waals surface area (Å²) in [4.78, 5) is 13.9. The predicted octanol–water partition coefficient (Wildman–Crippen LogP) is 5.76. The van der Waals surface area contributed by atoms with Crippen molar-refractivity contribution in [1.29, 1.82) is 0 Å². The molecule has 2 N–H and O–H groups in total. The SMILES string of the molecule is CCC(C)NC(=O)c1ccc2c(c1)C1C=CCC1C(c1ccc(SC)cc1)N2. The third-order valence-corrected chi connectivity index (χ3v) is 6.83. The summed E-state index contributed by atoms with van der Waals surface area (Å²) in [7, 11) is 0. The molecular formula is C24H28N2OS. The van der Waals surface area contributed by atoms with Gasteiger partial charge in [-0.15, -0.1) is 11.8 Å². The Kier molecular flexibility index (Phi) is 5.49. The number of thioether (sulfide) groups is 1. The number of carbonyl (C=O) groups excluding carboxylic acids is 1. The van der Waals surface area contributed by atoms with Gasteiger partial charge in [-0.3, -0.25) is 4.79 Å². The van der Waals surface area contributed by atoms with Crippen LogP contribution in [0.25, 0.3) is 0 Å². The van der Waals surface area contributed by atoms with Crippen molar-refractivity contribution in [2.24, 2.45) is 5.92 Å². The van der Waals surface area contributed by atoms with Gasteiger partial charge in [0.05, 0.1) is 6.04 Å². The number of anilines is 1. The van der Waals surface area contributed by atoms with E-state index < -0.39 is 0 Å². The fourth-order valence-corrected chi connectivity index (χ4v) is 4.69. The molecule has 0 saturated heterocycles. The van der Waals surface area contributed by atoms with E-state index in [2.05, 4.69) is 72.4 Å². The fourth-order valence-electron chi connectivity index (χ4n) is 4.29. The summed E-state index contributed by atoms with van der Waals surface area (Å²) in [6.45, 7) is 4.13. The molecule has 1 amide bonds. The Balaban J connectivity index is 1.63. The van der Waals surface area contributed by atoms with E-state index in [0.717, 1.165) is 24.1 Å². The Labute approximate surface area is 172 Å². The Morgan fingerprint density at radius 3 is 2.75 bits per heavy atom. The van der Waals surface area contributed by atoms with Crippen LogP contribution in [-0.4, -0.2) is 18.2 Å². The average Bonchev–Trinajstić information content (AvgIpc) is 3.23. The molecule has 28 heavy (non-hydrogen) atoms. The molecule has 2 aromatic rings. The normalized spacial score (nSPS) is 23.5. The molecule has 4 rings (SSSR count). The number of rotatable bonds is 5. The lowest BCUT2D eigenvalue weighted by Crippen LogP contribution is -2.33. The molecule has 0 fully saturated rings. The van der Waals surface area contributed by atoms with E-state index in [1.807, 2.05) is 13.0 Å². The van der Waals surface area contributed by atoms with Crippen LogP contribution in [0.1, 0.15) is 60.1 Å². The van der Waals surface area contributed by atoms with Crippen molar-refractivity contribution in [3.8, 4) is 0 Å². The van der Waals surface area contributed by atoms with Gasteiger partial charge in [0.25, 0.3) is 5.91 Å². The summed E-state index contributed by atoms with van der Waals surface area (Å²) in [6, 6.07) is 15.5. The second kappa shape index (κ2) is 8.04. The number of nitrogens with one attached hydrogen (secondary N) is 2. The maximum atomic E-state index is 12.6. The molecule has 4 atom stereocenters. The van der Waals surface area contributed by atoms with Gasteiger partial charge < -0.3 is 10.6 Å². The number of fused-ring (bicyclic) bond motifs is 3. The molecule has 0 saturated carbocycles. The zero-order chi connectivity index (χ0) is 19.7. The summed E-state index contributed by atoms with van der Waals surface area (Å²) in [5.41, 5.74) is 4.47. The monoisotopic (exact) mass is 392 g/mol. The summed E-state index contributed by atoms with van der Waals surface area (Å²) < 4.78 is 0. The van der Waals surface area contributed by atoms with Crippen LogP contribution in [0, 0.1) is 5.92 Å². The van der Waals surface area contributed by atoms with E-state index in [0.29, 0.717) is 17.9 Å². The molecular weight excluding hydrogens is 364 g/mol. The van der Waals surface area contributed by atoms with Gasteiger partial charge in [-0.2, -0.15) is 0 Å². The van der Waals surface area contributed by atoms with Gasteiger partial charge in [0, 0.05) is 28.1 Å². The molecule has 0 aromatic heterocycles. The minimum Gasteiger partial charge on any atom is -0.378 e. The van der Waals surface area contributed by atoms with E-state index in [9.17, 15) is 4.79 Å². The minimum absolute atomic E-state index is 0.0189. The van der Waals surface area contributed by atoms with E-state index >= 15 is 0 Å². The van der Waals surface area contributed by atoms with E-state index in [-0.39, 0.29) is 11.9 Å². The summed E-state index contributed by atoms with van der Waals surface area (Å²) in [6.07, 6.45) is 8.72. The van der Waals surface area contributed by atoms with Gasteiger partial charge in [0.1, 0.15) is 0 Å². The number of carbonyl (C=O) groups is 1. The lowest BCUT2D eigenvalue weighted by Gasteiger charge is -2.37. The van der Waals surface area contributed by atoms with Crippen molar-refractivity contribution in [2.45, 2.75) is 49.6 Å². The third kappa shape index (κ3) is 3.58. The van der Waals surface area contributed by atoms with E-state index in [1.54, 1.807) is 11.8 Å². The molecule has 0 spiro atoms. The second-order valence-corrected chi connectivity index (χ2v) is 8.71. The number of hydrogen-bond acceptors (Lipinski definition) is 3. The molecule has 146 valence electrons. The second-order valence-electron chi connectivity index (χ2n) is 7.83. The highest BCUT2D eigenvalue weighted by Gasteiger charge is 2.38. The highest BCUT2D eigenvalue weighted by molar-refractivity contribution is 7.98. The Bertz CT molecular complexity index is 890. The van der Waals surface area contributed by atoms with Gasteiger partial charge in [-0.25, -0.2) is 0 Å². The smallest absolute Gasteiger partial charge is 0.251 e. The highest BCUT2D eigenvalue weighted by atomic mass is 32.2. The van der Waals surface area contributed by atoms with Crippen LogP contribution in [0.3, 0.4) is 0 Å². The standard InChI is InChI=1S/C24H28N2OS/c1-4-15(2)25-24(27)17-10-13-22-21(14-17)19-6-5-7-20(19)23(26-22)16-8-11-18(28-3)12-9-16/h5-6,8-15,19-20,23,26H,4,7H2,1-3H3,(H,25,27). The van der Waals surface area contributed by atoms with E-state index in [4.69, 9.17) is 0 Å². The molecule has 0 radical (unpaired) electrons. The van der Waals surface area contributed by atoms with Gasteiger partial charge in [0.2, 0.25) is 0 Å². The number of hydrogen-bond donors (Lipinski definition) is 2. The summed E-state index contributed by atoms with van der Waals surface area (Å²) >= 11 is 1.77. The fraction of sp³-hybridized carbons (Fsp3) is 0.375. The largest absolute Gasteiger partial charge is 0.378 e. The van der Waals surface area contributed by atoms with Gasteiger partial charge in [0.15, 0.2) is 0 Å². The van der Waals surface area contributed by atoms with Crippen molar-refractivity contribution >= 4 is 23.4 Å². The molecule has 4 unspecified atom stereocenters. The Hall–Kier alpha value is -2.20. The van der Waals surface area contributed by atoms with Crippen LogP contribution < -0.4 is 10.6 Å². The predicted molar refractivity (Wildman–Crippen MR) is 118 cm³/mol. The van der Waals surface area contributed by atoms with Crippen LogP contribution in [-0.2, 0) is 0 Å². The molecule has 4 heteroatoms. The first-order valence-electron chi connectivity index (χ1n) is 10.1. The van der Waals surface area contributed by atoms with Gasteiger partial charge in [-0.1, -0.05) is 31.2 Å². The highest BCUT2D eigenvalue weighted by Crippen LogP contribution is 2.50. The lowest BCUT2D eigenvalue weighted by molar-refractivity contribution is 0.0939. The first kappa shape index (κ1) is 19.1. The van der Waals surface area contributed by atoms with Gasteiger partial charge in [-0.05, 0) is 73.4 Å². The minimum atomic E-state index is 0.0189. The summed E-state index contributed by atoms with van der Waals surface area (Å²) in [5, 5.41) is 6.84. The molecule has 3 nitrogen and oxygen atoms in total. The van der Waals surface area contributed by atoms with Crippen LogP contribution in [0.15, 0.2) is 59.5 Å². The number of allylic oxidation sites excluding steroid dienone is 2. The van der Waals surface area contributed by atoms with Crippen LogP contribution in [0.4, 0.5) is 5.69 Å². The van der Waals surface area contributed by atoms with Crippen molar-refractivity contribution < 1.29 is 4.79 Å². The zero-order valence-electron chi connectivity index (χ0n) is 16.7. The quantitative estimate of drug-likeness (QED) is 0.502. The number of benzene rings is 2. The van der Waals surface area contributed by atoms with Crippen LogP contribution >= 0.6 is 11.8 Å². The van der Waals surface area contributed by atoms with Crippen LogP contribution in [0.5, 0.6) is 0 Å². The van der Waals surface area contributed by atoms with Crippen LogP contribution in [0.2, 0.25) is 0 Å². The first-order valence-corrected chi connectivity index (χ1v) is 11.3. The van der Waals surface area contributed by atoms with Gasteiger partial charge >= 0.3 is 0 Å². The Morgan fingerprint density at radius 2 is 2.04 bits per heavy atom. The summed E-state index contributed by atoms with van der Waals surface area (Å²) in [5.74, 6) is 0.865. The first-order chi connectivity index (χ1) is 13.6. The number of amides is 1. The maximum Gasteiger partial charge on any atom is 0.251 e. The third-order valence-electron chi connectivity index (χ3n) is 6.09. The molecule has 0 bridgehead atoms. The molecule has 1 aliphatic heterocycles.